The second-order valence-electron chi connectivity index (χ2n) is 15.1. The van der Waals surface area contributed by atoms with Gasteiger partial charge in [-0.05, 0) is 102 Å². The maximum Gasteiger partial charge on any atom is 0.258 e. The monoisotopic (exact) mass is 616 g/mol. The minimum absolute atomic E-state index is 0.000262. The van der Waals surface area contributed by atoms with Gasteiger partial charge in [-0.25, -0.2) is 0 Å². The van der Waals surface area contributed by atoms with E-state index in [4.69, 9.17) is 9.16 Å². The second-order valence-corrected chi connectivity index (χ2v) is 24.4. The first-order valence-corrected chi connectivity index (χ1v) is 21.4. The van der Waals surface area contributed by atoms with Gasteiger partial charge in [0.25, 0.3) is 8.32 Å². The van der Waals surface area contributed by atoms with Crippen LogP contribution in [0.25, 0.3) is 4.91 Å². The Bertz CT molecular complexity index is 1340. The lowest BCUT2D eigenvalue weighted by molar-refractivity contribution is -0.0496. The Hall–Kier alpha value is -1.48. The van der Waals surface area contributed by atoms with E-state index in [1.807, 2.05) is 0 Å². The van der Waals surface area contributed by atoms with Crippen molar-refractivity contribution >= 4 is 31.7 Å². The molecule has 0 N–H and O–H groups in total. The van der Waals surface area contributed by atoms with E-state index in [1.165, 1.54) is 60.3 Å². The van der Waals surface area contributed by atoms with Crippen molar-refractivity contribution in [2.45, 2.75) is 102 Å². The highest BCUT2D eigenvalue weighted by Gasteiger charge is 2.69. The largest absolute Gasteiger partial charge is 0.545 e. The second kappa shape index (κ2) is 10.6. The van der Waals surface area contributed by atoms with Crippen LogP contribution in [0.15, 0.2) is 71.7 Å². The molecule has 1 saturated heterocycles. The van der Waals surface area contributed by atoms with Gasteiger partial charge in [-0.3, -0.25) is 0 Å². The van der Waals surface area contributed by atoms with Crippen LogP contribution < -0.4 is 4.74 Å². The molecule has 2 nitrogen and oxygen atoms in total. The van der Waals surface area contributed by atoms with Crippen molar-refractivity contribution in [3.63, 3.8) is 0 Å². The zero-order chi connectivity index (χ0) is 29.4. The van der Waals surface area contributed by atoms with E-state index in [0.29, 0.717) is 16.6 Å². The molecule has 2 aromatic carbocycles. The van der Waals surface area contributed by atoms with Crippen molar-refractivity contribution in [1.29, 1.82) is 0 Å². The minimum atomic E-state index is -2.13. The Labute approximate surface area is 260 Å². The highest BCUT2D eigenvalue weighted by atomic mass is 32.7. The summed E-state index contributed by atoms with van der Waals surface area (Å²) in [5, 5.41) is 1.70. The highest BCUT2D eigenvalue weighted by molar-refractivity contribution is 8.64. The van der Waals surface area contributed by atoms with E-state index in [2.05, 4.69) is 114 Å². The fourth-order valence-electron chi connectivity index (χ4n) is 10.3. The van der Waals surface area contributed by atoms with E-state index < -0.39 is 15.4 Å². The van der Waals surface area contributed by atoms with Gasteiger partial charge < -0.3 is 9.16 Å². The number of hydrogen-bond donors (Lipinski definition) is 0. The molecule has 2 atom stereocenters. The number of rotatable bonds is 9. The normalized spacial score (nSPS) is 34.2. The summed E-state index contributed by atoms with van der Waals surface area (Å²) < 4.78 is 13.5. The van der Waals surface area contributed by atoms with Crippen LogP contribution in [0, 0.1) is 23.2 Å². The number of methoxy groups -OCH3 is 1. The fraction of sp³-hybridized carbons (Fsp3) is 0.568. The van der Waals surface area contributed by atoms with Gasteiger partial charge in [0, 0.05) is 22.8 Å². The van der Waals surface area contributed by atoms with Gasteiger partial charge >= 0.3 is 0 Å². The molecule has 42 heavy (non-hydrogen) atoms. The van der Waals surface area contributed by atoms with Crippen LogP contribution in [0.5, 0.6) is 5.75 Å². The molecule has 0 amide bonds. The van der Waals surface area contributed by atoms with E-state index in [-0.39, 0.29) is 10.6 Å². The summed E-state index contributed by atoms with van der Waals surface area (Å²) in [5.41, 5.74) is 4.79. The van der Waals surface area contributed by atoms with Crippen LogP contribution in [-0.2, 0) is 9.58 Å². The molecule has 5 heteroatoms. The quantitative estimate of drug-likeness (QED) is 0.159. The predicted octanol–water partition coefficient (Wildman–Crippen LogP) is 11.7. The summed E-state index contributed by atoms with van der Waals surface area (Å²) in [7, 11) is -0.810. The van der Waals surface area contributed by atoms with Crippen molar-refractivity contribution < 1.29 is 9.16 Å². The van der Waals surface area contributed by atoms with E-state index in [1.54, 1.807) is 12.4 Å². The molecular formula is C37H49O2PSSi. The van der Waals surface area contributed by atoms with Crippen LogP contribution in [0.3, 0.4) is 0 Å². The third-order valence-corrected chi connectivity index (χ3v) is 22.9. The summed E-state index contributed by atoms with van der Waals surface area (Å²) in [5.74, 6) is 5.16. The molecule has 4 saturated carbocycles. The first-order valence-electron chi connectivity index (χ1n) is 16.5. The topological polar surface area (TPSA) is 18.5 Å². The molecule has 4 bridgehead atoms. The van der Waals surface area contributed by atoms with Crippen molar-refractivity contribution in [2.75, 3.05) is 7.11 Å². The van der Waals surface area contributed by atoms with Crippen molar-refractivity contribution in [2.24, 2.45) is 23.2 Å². The van der Waals surface area contributed by atoms with E-state index >= 15 is 0 Å². The van der Waals surface area contributed by atoms with E-state index in [0.717, 1.165) is 23.5 Å². The summed E-state index contributed by atoms with van der Waals surface area (Å²) in [4.78, 5) is 1.43. The summed E-state index contributed by atoms with van der Waals surface area (Å²) >= 11 is 2.15. The maximum atomic E-state index is 8.06. The molecule has 6 aliphatic rings. The average Bonchev–Trinajstić information content (AvgIpc) is 3.39. The predicted molar refractivity (Wildman–Crippen MR) is 183 cm³/mol. The Kier molecular flexibility index (Phi) is 7.35. The molecule has 2 heterocycles. The lowest BCUT2D eigenvalue weighted by Gasteiger charge is -2.58. The van der Waals surface area contributed by atoms with Gasteiger partial charge in [-0.15, -0.1) is 0 Å². The third kappa shape index (κ3) is 4.36. The molecule has 0 radical (unpaired) electrons. The molecule has 2 aromatic rings. The molecule has 0 spiro atoms. The van der Waals surface area contributed by atoms with E-state index in [9.17, 15) is 0 Å². The smallest absolute Gasteiger partial charge is 0.258 e. The number of ether oxygens (including phenoxy) is 1. The Balaban J connectivity index is 1.42. The lowest BCUT2D eigenvalue weighted by Crippen LogP contribution is -2.53. The van der Waals surface area contributed by atoms with Crippen molar-refractivity contribution in [1.82, 2.24) is 0 Å². The van der Waals surface area contributed by atoms with Crippen LogP contribution in [0.1, 0.15) is 91.2 Å². The molecule has 2 unspecified atom stereocenters. The standard InChI is InChI=1S/C37H49O2PSSi/c1-24(2)42(25(3)4,26(5)6)39-34(36-20-27-17-28(21-36)19-29(18-27)22-36)35-37(31-11-9-8-10-12-31)23-33(41-40(35)37)30-13-15-32(38-7)16-14-30/h8-16,23-29H,17-22H2,1-7H3/b35-34-. The Morgan fingerprint density at radius 2 is 1.36 bits per heavy atom. The SMILES string of the molecule is COc1ccc(C2=CC3(c4ccccc4)/C(=C(/O[Si](C(C)C)(C(C)C)C(C)C)C45CC6CC(CC(C6)C4)C5)P3S2)cc1. The average molecular weight is 617 g/mol. The molecule has 224 valence electrons. The summed E-state index contributed by atoms with van der Waals surface area (Å²) in [6, 6.07) is 20.2. The van der Waals surface area contributed by atoms with Crippen molar-refractivity contribution in [3.05, 3.63) is 82.9 Å². The van der Waals surface area contributed by atoms with Gasteiger partial charge in [0.15, 0.2) is 0 Å². The fourth-order valence-corrected chi connectivity index (χ4v) is 22.1. The number of allylic oxidation sites excluding steroid dienone is 3. The van der Waals surface area contributed by atoms with Gasteiger partial charge in [-0.1, -0.05) is 95.4 Å². The molecule has 8 rings (SSSR count). The first-order chi connectivity index (χ1) is 20.1. The zero-order valence-electron chi connectivity index (χ0n) is 26.7. The first kappa shape index (κ1) is 29.2. The minimum Gasteiger partial charge on any atom is -0.545 e. The lowest BCUT2D eigenvalue weighted by atomic mass is 9.49. The summed E-state index contributed by atoms with van der Waals surface area (Å²) in [6.45, 7) is 14.8. The van der Waals surface area contributed by atoms with Gasteiger partial charge in [0.05, 0.1) is 18.0 Å². The van der Waals surface area contributed by atoms with Crippen LogP contribution in [-0.4, -0.2) is 15.4 Å². The van der Waals surface area contributed by atoms with Gasteiger partial charge in [0.2, 0.25) is 0 Å². The number of hydrogen-bond acceptors (Lipinski definition) is 3. The van der Waals surface area contributed by atoms with Crippen LogP contribution in [0.4, 0.5) is 0 Å². The molecule has 5 fully saturated rings. The third-order valence-electron chi connectivity index (χ3n) is 11.7. The Morgan fingerprint density at radius 3 is 1.86 bits per heavy atom. The van der Waals surface area contributed by atoms with Gasteiger partial charge in [-0.2, -0.15) is 0 Å². The van der Waals surface area contributed by atoms with Gasteiger partial charge in [0.1, 0.15) is 5.75 Å². The van der Waals surface area contributed by atoms with Crippen LogP contribution >= 0.6 is 18.5 Å². The molecular weight excluding hydrogens is 568 g/mol. The molecule has 4 aliphatic carbocycles. The highest BCUT2D eigenvalue weighted by Crippen LogP contribution is 2.97. The zero-order valence-corrected chi connectivity index (χ0v) is 29.4. The number of benzene rings is 2. The van der Waals surface area contributed by atoms with Crippen molar-refractivity contribution in [3.8, 4) is 5.75 Å². The number of fused-ring (bicyclic) bond motifs is 1. The van der Waals surface area contributed by atoms with Crippen LogP contribution in [0.2, 0.25) is 16.6 Å². The molecule has 0 aromatic heterocycles. The summed E-state index contributed by atoms with van der Waals surface area (Å²) in [6.07, 6.45) is 11.2. The maximum absolute atomic E-state index is 8.06. The molecule has 2 aliphatic heterocycles. The Morgan fingerprint density at radius 1 is 0.810 bits per heavy atom.